The van der Waals surface area contributed by atoms with Gasteiger partial charge in [-0.15, -0.1) is 5.10 Å². The van der Waals surface area contributed by atoms with E-state index in [1.54, 1.807) is 17.8 Å². The number of hydrogen-bond donors (Lipinski definition) is 0. The quantitative estimate of drug-likeness (QED) is 0.849. The zero-order valence-corrected chi connectivity index (χ0v) is 14.7. The van der Waals surface area contributed by atoms with Gasteiger partial charge in [0.2, 0.25) is 0 Å². The average molecular weight is 348 g/mol. The molecule has 5 nitrogen and oxygen atoms in total. The molecular weight excluding hydrogens is 326 g/mol. The van der Waals surface area contributed by atoms with E-state index >= 15 is 0 Å². The van der Waals surface area contributed by atoms with Crippen LogP contribution in [0, 0.1) is 5.92 Å². The first-order chi connectivity index (χ1) is 11.5. The van der Waals surface area contributed by atoms with Crippen molar-refractivity contribution in [2.75, 3.05) is 13.1 Å². The molecule has 2 heterocycles. The van der Waals surface area contributed by atoms with Crippen LogP contribution in [0.2, 0.25) is 5.02 Å². The highest BCUT2D eigenvalue weighted by atomic mass is 35.5. The van der Waals surface area contributed by atoms with Crippen molar-refractivity contribution < 1.29 is 9.53 Å². The van der Waals surface area contributed by atoms with Gasteiger partial charge >= 0.3 is 0 Å². The minimum atomic E-state index is -0.605. The first kappa shape index (κ1) is 16.8. The molecule has 3 rings (SSSR count). The number of hydrogen-bond acceptors (Lipinski definition) is 3. The first-order valence-electron chi connectivity index (χ1n) is 8.30. The third-order valence-corrected chi connectivity index (χ3v) is 4.52. The molecule has 0 saturated carbocycles. The molecule has 1 amide bonds. The van der Waals surface area contributed by atoms with Gasteiger partial charge in [-0.2, -0.15) is 0 Å². The van der Waals surface area contributed by atoms with Crippen LogP contribution in [0.15, 0.2) is 36.5 Å². The summed E-state index contributed by atoms with van der Waals surface area (Å²) in [7, 11) is 0. The molecule has 0 aliphatic carbocycles. The number of carbonyl (C=O) groups is 1. The summed E-state index contributed by atoms with van der Waals surface area (Å²) in [4.78, 5) is 14.4. The molecule has 0 unspecified atom stereocenters. The Morgan fingerprint density at radius 2 is 2.12 bits per heavy atom. The number of para-hydroxylation sites is 1. The lowest BCUT2D eigenvalue weighted by Gasteiger charge is -2.32. The third kappa shape index (κ3) is 3.73. The fourth-order valence-electron chi connectivity index (χ4n) is 2.99. The van der Waals surface area contributed by atoms with Gasteiger partial charge in [0.15, 0.2) is 6.10 Å². The Hall–Kier alpha value is -2.01. The van der Waals surface area contributed by atoms with Crippen molar-refractivity contribution in [1.29, 1.82) is 0 Å². The van der Waals surface area contributed by atoms with E-state index in [1.807, 2.05) is 35.2 Å². The average Bonchev–Trinajstić information content (AvgIpc) is 2.95. The Labute approximate surface area is 147 Å². The molecule has 1 aliphatic rings. The molecule has 1 saturated heterocycles. The van der Waals surface area contributed by atoms with Crippen molar-refractivity contribution in [3.63, 3.8) is 0 Å². The molecule has 2 atom stereocenters. The highest BCUT2D eigenvalue weighted by molar-refractivity contribution is 6.31. The monoisotopic (exact) mass is 347 g/mol. The third-order valence-electron chi connectivity index (χ3n) is 4.26. The number of likely N-dealkylation sites (tertiary alicyclic amines) is 1. The van der Waals surface area contributed by atoms with E-state index in [9.17, 15) is 4.79 Å². The second-order valence-corrected chi connectivity index (χ2v) is 6.76. The molecule has 1 aliphatic heterocycles. The molecule has 0 spiro atoms. The van der Waals surface area contributed by atoms with Crippen LogP contribution >= 0.6 is 11.6 Å². The SMILES string of the molecule is C[C@H]1CCCN(C(=O)[C@H](C)Oc2nn(-c3ccccc3)cc2Cl)C1. The zero-order chi connectivity index (χ0) is 17.1. The Balaban J connectivity index is 1.69. The summed E-state index contributed by atoms with van der Waals surface area (Å²) >= 11 is 6.22. The molecule has 128 valence electrons. The summed E-state index contributed by atoms with van der Waals surface area (Å²) in [5.74, 6) is 0.814. The molecule has 2 aromatic rings. The lowest BCUT2D eigenvalue weighted by molar-refractivity contribution is -0.139. The maximum absolute atomic E-state index is 12.6. The molecular formula is C18H22ClN3O2. The number of nitrogens with zero attached hydrogens (tertiary/aromatic N) is 3. The van der Waals surface area contributed by atoms with Gasteiger partial charge in [0, 0.05) is 13.1 Å². The van der Waals surface area contributed by atoms with Crippen molar-refractivity contribution in [1.82, 2.24) is 14.7 Å². The van der Waals surface area contributed by atoms with E-state index in [4.69, 9.17) is 16.3 Å². The van der Waals surface area contributed by atoms with Crippen LogP contribution in [-0.2, 0) is 4.79 Å². The van der Waals surface area contributed by atoms with Crippen molar-refractivity contribution in [2.45, 2.75) is 32.8 Å². The van der Waals surface area contributed by atoms with Crippen molar-refractivity contribution in [2.24, 2.45) is 5.92 Å². The number of piperidine rings is 1. The van der Waals surface area contributed by atoms with Crippen LogP contribution in [0.5, 0.6) is 5.88 Å². The van der Waals surface area contributed by atoms with E-state index in [0.29, 0.717) is 10.9 Å². The highest BCUT2D eigenvalue weighted by Gasteiger charge is 2.27. The van der Waals surface area contributed by atoms with E-state index in [-0.39, 0.29) is 11.8 Å². The minimum Gasteiger partial charge on any atom is -0.462 e. The van der Waals surface area contributed by atoms with Crippen molar-refractivity contribution in [3.8, 4) is 11.6 Å². The van der Waals surface area contributed by atoms with Crippen molar-refractivity contribution >= 4 is 17.5 Å². The normalized spacial score (nSPS) is 19.1. The fraction of sp³-hybridized carbons (Fsp3) is 0.444. The number of amides is 1. The van der Waals surface area contributed by atoms with Crippen LogP contribution in [0.4, 0.5) is 0 Å². The van der Waals surface area contributed by atoms with Gasteiger partial charge in [-0.3, -0.25) is 4.79 Å². The maximum Gasteiger partial charge on any atom is 0.263 e. The number of carbonyl (C=O) groups excluding carboxylic acids is 1. The second-order valence-electron chi connectivity index (χ2n) is 6.35. The Bertz CT molecular complexity index is 702. The van der Waals surface area contributed by atoms with Gasteiger partial charge < -0.3 is 9.64 Å². The summed E-state index contributed by atoms with van der Waals surface area (Å²) in [6.45, 7) is 5.50. The minimum absolute atomic E-state index is 0.00752. The van der Waals surface area contributed by atoms with Gasteiger partial charge in [0.05, 0.1) is 11.9 Å². The van der Waals surface area contributed by atoms with Crippen molar-refractivity contribution in [3.05, 3.63) is 41.6 Å². The largest absolute Gasteiger partial charge is 0.462 e. The van der Waals surface area contributed by atoms with Gasteiger partial charge in [-0.05, 0) is 37.8 Å². The summed E-state index contributed by atoms with van der Waals surface area (Å²) in [6.07, 6.45) is 3.30. The number of ether oxygens (including phenoxy) is 1. The predicted octanol–water partition coefficient (Wildman–Crippen LogP) is 3.55. The maximum atomic E-state index is 12.6. The lowest BCUT2D eigenvalue weighted by atomic mass is 10.00. The molecule has 24 heavy (non-hydrogen) atoms. The molecule has 0 bridgehead atoms. The first-order valence-corrected chi connectivity index (χ1v) is 8.68. The van der Waals surface area contributed by atoms with Gasteiger partial charge in [-0.25, -0.2) is 4.68 Å². The van der Waals surface area contributed by atoms with E-state index in [2.05, 4.69) is 12.0 Å². The molecule has 1 aromatic heterocycles. The Morgan fingerprint density at radius 3 is 2.83 bits per heavy atom. The topological polar surface area (TPSA) is 47.4 Å². The molecule has 1 fully saturated rings. The summed E-state index contributed by atoms with van der Waals surface area (Å²) in [6, 6.07) is 9.64. The molecule has 6 heteroatoms. The van der Waals surface area contributed by atoms with E-state index in [0.717, 1.165) is 25.2 Å². The van der Waals surface area contributed by atoms with Crippen LogP contribution in [0.3, 0.4) is 0 Å². The molecule has 0 N–H and O–H groups in total. The summed E-state index contributed by atoms with van der Waals surface area (Å²) in [5.41, 5.74) is 0.887. The fourth-order valence-corrected chi connectivity index (χ4v) is 3.17. The van der Waals surface area contributed by atoms with Crippen LogP contribution in [0.1, 0.15) is 26.7 Å². The van der Waals surface area contributed by atoms with Gasteiger partial charge in [0.25, 0.3) is 11.8 Å². The number of halogens is 1. The molecule has 0 radical (unpaired) electrons. The van der Waals surface area contributed by atoms with Crippen LogP contribution in [-0.4, -0.2) is 39.8 Å². The summed E-state index contributed by atoms with van der Waals surface area (Å²) in [5, 5.41) is 4.75. The number of benzene rings is 1. The lowest BCUT2D eigenvalue weighted by Crippen LogP contribution is -2.45. The zero-order valence-electron chi connectivity index (χ0n) is 14.0. The standard InChI is InChI=1S/C18H22ClN3O2/c1-13-7-6-10-21(11-13)18(23)14(2)24-17-16(19)12-22(20-17)15-8-4-3-5-9-15/h3-5,8-9,12-14H,6-7,10-11H2,1-2H3/t13-,14-/m0/s1. The van der Waals surface area contributed by atoms with E-state index < -0.39 is 6.10 Å². The van der Waals surface area contributed by atoms with E-state index in [1.165, 1.54) is 6.42 Å². The van der Waals surface area contributed by atoms with Crippen LogP contribution in [0.25, 0.3) is 5.69 Å². The smallest absolute Gasteiger partial charge is 0.263 e. The highest BCUT2D eigenvalue weighted by Crippen LogP contribution is 2.25. The Morgan fingerprint density at radius 1 is 1.38 bits per heavy atom. The number of aromatic nitrogens is 2. The van der Waals surface area contributed by atoms with Gasteiger partial charge in [-0.1, -0.05) is 36.7 Å². The second kappa shape index (κ2) is 7.26. The number of rotatable bonds is 4. The Kier molecular flexibility index (Phi) is 5.09. The molecule has 1 aromatic carbocycles. The van der Waals surface area contributed by atoms with Gasteiger partial charge in [0.1, 0.15) is 5.02 Å². The predicted molar refractivity (Wildman–Crippen MR) is 93.6 cm³/mol. The summed E-state index contributed by atoms with van der Waals surface area (Å²) < 4.78 is 7.39. The van der Waals surface area contributed by atoms with Crippen LogP contribution < -0.4 is 4.74 Å².